The molecule has 5 heteroatoms. The van der Waals surface area contributed by atoms with E-state index in [9.17, 15) is 9.90 Å². The summed E-state index contributed by atoms with van der Waals surface area (Å²) in [5.74, 6) is 1.28. The summed E-state index contributed by atoms with van der Waals surface area (Å²) >= 11 is 0. The maximum atomic E-state index is 12.1. The average molecular weight is 295 g/mol. The zero-order valence-corrected chi connectivity index (χ0v) is 13.2. The van der Waals surface area contributed by atoms with E-state index >= 15 is 0 Å². The zero-order chi connectivity index (χ0) is 15.8. The largest absolute Gasteiger partial charge is 0.493 e. The van der Waals surface area contributed by atoms with Crippen molar-refractivity contribution in [3.63, 3.8) is 0 Å². The lowest BCUT2D eigenvalue weighted by molar-refractivity contribution is 0.0900. The topological polar surface area (TPSA) is 67.8 Å². The van der Waals surface area contributed by atoms with E-state index in [0.29, 0.717) is 36.0 Å². The third-order valence-electron chi connectivity index (χ3n) is 2.97. The molecule has 1 rings (SSSR count). The number of hydrogen-bond donors (Lipinski definition) is 2. The monoisotopic (exact) mass is 295 g/mol. The van der Waals surface area contributed by atoms with Crippen LogP contribution in [0.4, 0.5) is 0 Å². The van der Waals surface area contributed by atoms with Crippen LogP contribution in [0, 0.1) is 5.92 Å². The summed E-state index contributed by atoms with van der Waals surface area (Å²) in [5, 5.41) is 12.5. The van der Waals surface area contributed by atoms with Crippen molar-refractivity contribution in [2.75, 3.05) is 20.3 Å². The van der Waals surface area contributed by atoms with E-state index in [1.807, 2.05) is 20.8 Å². The molecule has 5 nitrogen and oxygen atoms in total. The van der Waals surface area contributed by atoms with Gasteiger partial charge in [-0.2, -0.15) is 0 Å². The predicted molar refractivity (Wildman–Crippen MR) is 82.0 cm³/mol. The van der Waals surface area contributed by atoms with Crippen LogP contribution in [0.3, 0.4) is 0 Å². The molecule has 0 fully saturated rings. The van der Waals surface area contributed by atoms with Crippen molar-refractivity contribution >= 4 is 5.91 Å². The second-order valence-corrected chi connectivity index (χ2v) is 5.29. The Morgan fingerprint density at radius 3 is 2.62 bits per heavy atom. The Hall–Kier alpha value is -1.75. The van der Waals surface area contributed by atoms with Gasteiger partial charge in [0.25, 0.3) is 5.91 Å². The number of benzene rings is 1. The van der Waals surface area contributed by atoms with Crippen molar-refractivity contribution < 1.29 is 19.4 Å². The molecule has 0 saturated heterocycles. The summed E-state index contributed by atoms with van der Waals surface area (Å²) in [6, 6.07) is 5.02. The highest BCUT2D eigenvalue weighted by Gasteiger charge is 2.13. The highest BCUT2D eigenvalue weighted by Crippen LogP contribution is 2.27. The van der Waals surface area contributed by atoms with Crippen LogP contribution in [0.15, 0.2) is 18.2 Å². The number of nitrogens with one attached hydrogen (secondary N) is 1. The minimum atomic E-state index is -0.529. The molecule has 1 aromatic carbocycles. The Labute approximate surface area is 126 Å². The first-order valence-electron chi connectivity index (χ1n) is 7.25. The summed E-state index contributed by atoms with van der Waals surface area (Å²) in [5.41, 5.74) is 0.479. The van der Waals surface area contributed by atoms with Gasteiger partial charge in [0.1, 0.15) is 0 Å². The summed E-state index contributed by atoms with van der Waals surface area (Å²) in [7, 11) is 1.53. The molecule has 0 aliphatic rings. The van der Waals surface area contributed by atoms with Crippen LogP contribution in [-0.4, -0.2) is 37.4 Å². The molecule has 0 bridgehead atoms. The number of amides is 1. The quantitative estimate of drug-likeness (QED) is 0.772. The minimum Gasteiger partial charge on any atom is -0.493 e. The van der Waals surface area contributed by atoms with Gasteiger partial charge in [0.15, 0.2) is 11.5 Å². The number of aliphatic hydroxyl groups is 1. The lowest BCUT2D eigenvalue weighted by atomic mass is 10.1. The van der Waals surface area contributed by atoms with E-state index in [1.54, 1.807) is 18.2 Å². The molecule has 0 aliphatic heterocycles. The van der Waals surface area contributed by atoms with Gasteiger partial charge in [-0.1, -0.05) is 13.8 Å². The van der Waals surface area contributed by atoms with Crippen LogP contribution in [0.25, 0.3) is 0 Å². The molecule has 118 valence electrons. The van der Waals surface area contributed by atoms with Crippen LogP contribution >= 0.6 is 0 Å². The number of rotatable bonds is 8. The Balaban J connectivity index is 2.66. The fourth-order valence-corrected chi connectivity index (χ4v) is 2.02. The first-order chi connectivity index (χ1) is 9.97. The summed E-state index contributed by atoms with van der Waals surface area (Å²) < 4.78 is 10.6. The number of ether oxygens (including phenoxy) is 2. The number of carbonyl (C=O) groups is 1. The van der Waals surface area contributed by atoms with Crippen molar-refractivity contribution in [3.8, 4) is 11.5 Å². The summed E-state index contributed by atoms with van der Waals surface area (Å²) in [6.07, 6.45) is 0.130. The molecule has 1 atom stereocenters. The van der Waals surface area contributed by atoms with Gasteiger partial charge in [0, 0.05) is 12.1 Å². The van der Waals surface area contributed by atoms with Crippen molar-refractivity contribution in [3.05, 3.63) is 23.8 Å². The van der Waals surface area contributed by atoms with Gasteiger partial charge in [-0.3, -0.25) is 4.79 Å². The molecule has 0 aromatic heterocycles. The van der Waals surface area contributed by atoms with Gasteiger partial charge in [-0.05, 0) is 37.5 Å². The molecule has 1 amide bonds. The van der Waals surface area contributed by atoms with E-state index in [1.165, 1.54) is 7.11 Å². The molecule has 21 heavy (non-hydrogen) atoms. The Morgan fingerprint density at radius 1 is 1.33 bits per heavy atom. The molecule has 0 spiro atoms. The number of hydrogen-bond acceptors (Lipinski definition) is 4. The van der Waals surface area contributed by atoms with E-state index in [0.717, 1.165) is 0 Å². The Kier molecular flexibility index (Phi) is 7.02. The van der Waals surface area contributed by atoms with Crippen molar-refractivity contribution in [2.24, 2.45) is 5.92 Å². The molecular formula is C16H25NO4. The van der Waals surface area contributed by atoms with Gasteiger partial charge in [0.2, 0.25) is 0 Å². The Bertz CT molecular complexity index is 460. The molecule has 2 N–H and O–H groups in total. The second-order valence-electron chi connectivity index (χ2n) is 5.29. The third-order valence-corrected chi connectivity index (χ3v) is 2.97. The number of carbonyl (C=O) groups excluding carboxylic acids is 1. The van der Waals surface area contributed by atoms with Gasteiger partial charge in [-0.15, -0.1) is 0 Å². The maximum Gasteiger partial charge on any atom is 0.251 e. The van der Waals surface area contributed by atoms with Crippen LogP contribution in [-0.2, 0) is 0 Å². The normalized spacial score (nSPS) is 12.1. The van der Waals surface area contributed by atoms with Crippen LogP contribution in [0.5, 0.6) is 11.5 Å². The van der Waals surface area contributed by atoms with Crippen molar-refractivity contribution in [2.45, 2.75) is 33.3 Å². The molecule has 1 unspecified atom stereocenters. The minimum absolute atomic E-state index is 0.237. The molecular weight excluding hydrogens is 270 g/mol. The molecule has 0 radical (unpaired) electrons. The summed E-state index contributed by atoms with van der Waals surface area (Å²) in [4.78, 5) is 12.1. The van der Waals surface area contributed by atoms with E-state index in [2.05, 4.69) is 5.32 Å². The van der Waals surface area contributed by atoms with E-state index < -0.39 is 6.10 Å². The fourth-order valence-electron chi connectivity index (χ4n) is 2.02. The number of methoxy groups -OCH3 is 1. The number of aliphatic hydroxyl groups excluding tert-OH is 1. The standard InChI is InChI=1S/C16H25NO4/c1-5-21-14-7-6-12(9-15(14)20-4)16(19)17-10-13(18)8-11(2)3/h6-7,9,11,13,18H,5,8,10H2,1-4H3,(H,17,19). The molecule has 0 aliphatic carbocycles. The maximum absolute atomic E-state index is 12.1. The van der Waals surface area contributed by atoms with Gasteiger partial charge < -0.3 is 19.9 Å². The smallest absolute Gasteiger partial charge is 0.251 e. The first-order valence-corrected chi connectivity index (χ1v) is 7.25. The second kappa shape index (κ2) is 8.52. The fraction of sp³-hybridized carbons (Fsp3) is 0.562. The first kappa shape index (κ1) is 17.3. The average Bonchev–Trinajstić information content (AvgIpc) is 2.44. The van der Waals surface area contributed by atoms with Gasteiger partial charge in [-0.25, -0.2) is 0 Å². The lowest BCUT2D eigenvalue weighted by Gasteiger charge is -2.14. The molecule has 0 saturated carbocycles. The van der Waals surface area contributed by atoms with Crippen LogP contribution in [0.2, 0.25) is 0 Å². The van der Waals surface area contributed by atoms with Crippen molar-refractivity contribution in [1.82, 2.24) is 5.32 Å². The highest BCUT2D eigenvalue weighted by atomic mass is 16.5. The SMILES string of the molecule is CCOc1ccc(C(=O)NCC(O)CC(C)C)cc1OC. The highest BCUT2D eigenvalue weighted by molar-refractivity contribution is 5.94. The van der Waals surface area contributed by atoms with Gasteiger partial charge >= 0.3 is 0 Å². The van der Waals surface area contributed by atoms with Gasteiger partial charge in [0.05, 0.1) is 19.8 Å². The van der Waals surface area contributed by atoms with Crippen LogP contribution < -0.4 is 14.8 Å². The van der Waals surface area contributed by atoms with E-state index in [-0.39, 0.29) is 12.5 Å². The third kappa shape index (κ3) is 5.63. The molecule has 1 aromatic rings. The molecule has 0 heterocycles. The van der Waals surface area contributed by atoms with Crippen LogP contribution in [0.1, 0.15) is 37.6 Å². The summed E-state index contributed by atoms with van der Waals surface area (Å²) in [6.45, 7) is 6.72. The predicted octanol–water partition coefficient (Wildman–Crippen LogP) is 2.23. The Morgan fingerprint density at radius 2 is 2.05 bits per heavy atom. The lowest BCUT2D eigenvalue weighted by Crippen LogP contribution is -2.32. The zero-order valence-electron chi connectivity index (χ0n) is 13.2. The van der Waals surface area contributed by atoms with Crippen molar-refractivity contribution in [1.29, 1.82) is 0 Å². The van der Waals surface area contributed by atoms with E-state index in [4.69, 9.17) is 9.47 Å².